The van der Waals surface area contributed by atoms with Gasteiger partial charge in [-0.15, -0.1) is 0 Å². The SMILES string of the molecule is O=C(O)CC[C@H](NC(=O)c1ccc2nc[nH]c2c1)C(=O)O. The van der Waals surface area contributed by atoms with E-state index >= 15 is 0 Å². The van der Waals surface area contributed by atoms with Crippen LogP contribution in [0.15, 0.2) is 24.5 Å². The lowest BCUT2D eigenvalue weighted by Crippen LogP contribution is -2.41. The molecule has 4 N–H and O–H groups in total. The third-order valence-electron chi connectivity index (χ3n) is 2.93. The molecule has 0 unspecified atom stereocenters. The number of fused-ring (bicyclic) bond motifs is 1. The lowest BCUT2D eigenvalue weighted by molar-refractivity contribution is -0.140. The number of nitrogens with one attached hydrogen (secondary N) is 2. The monoisotopic (exact) mass is 291 g/mol. The van der Waals surface area contributed by atoms with Crippen LogP contribution >= 0.6 is 0 Å². The van der Waals surface area contributed by atoms with Crippen LogP contribution < -0.4 is 5.32 Å². The van der Waals surface area contributed by atoms with Crippen LogP contribution in [0.5, 0.6) is 0 Å². The molecule has 0 aliphatic heterocycles. The summed E-state index contributed by atoms with van der Waals surface area (Å²) in [5.41, 5.74) is 1.61. The highest BCUT2D eigenvalue weighted by molar-refractivity contribution is 5.99. The molecule has 8 nitrogen and oxygen atoms in total. The second kappa shape index (κ2) is 6.04. The first kappa shape index (κ1) is 14.5. The molecule has 1 amide bonds. The third kappa shape index (κ3) is 3.56. The van der Waals surface area contributed by atoms with Crippen molar-refractivity contribution in [2.24, 2.45) is 0 Å². The Bertz CT molecular complexity index is 694. The van der Waals surface area contributed by atoms with Crippen molar-refractivity contribution in [3.63, 3.8) is 0 Å². The Morgan fingerprint density at radius 1 is 1.29 bits per heavy atom. The second-order valence-electron chi connectivity index (χ2n) is 4.43. The number of aromatic amines is 1. The molecule has 0 aliphatic carbocycles. The van der Waals surface area contributed by atoms with Gasteiger partial charge in [0, 0.05) is 12.0 Å². The Morgan fingerprint density at radius 3 is 2.71 bits per heavy atom. The Kier molecular flexibility index (Phi) is 4.17. The van der Waals surface area contributed by atoms with Crippen LogP contribution in [0.1, 0.15) is 23.2 Å². The highest BCUT2D eigenvalue weighted by Gasteiger charge is 2.21. The molecule has 21 heavy (non-hydrogen) atoms. The highest BCUT2D eigenvalue weighted by Crippen LogP contribution is 2.12. The number of H-pyrrole nitrogens is 1. The number of benzene rings is 1. The van der Waals surface area contributed by atoms with E-state index in [0.717, 1.165) is 0 Å². The van der Waals surface area contributed by atoms with E-state index in [1.807, 2.05) is 0 Å². The van der Waals surface area contributed by atoms with E-state index in [4.69, 9.17) is 10.2 Å². The molecule has 0 spiro atoms. The van der Waals surface area contributed by atoms with Crippen LogP contribution in [0.2, 0.25) is 0 Å². The van der Waals surface area contributed by atoms with Crippen LogP contribution in [0.4, 0.5) is 0 Å². The number of nitrogens with zero attached hydrogens (tertiary/aromatic N) is 1. The summed E-state index contributed by atoms with van der Waals surface area (Å²) in [5, 5.41) is 19.9. The van der Waals surface area contributed by atoms with Crippen molar-refractivity contribution in [2.75, 3.05) is 0 Å². The Labute approximate surface area is 118 Å². The number of hydrogen-bond donors (Lipinski definition) is 4. The lowest BCUT2D eigenvalue weighted by Gasteiger charge is -2.13. The van der Waals surface area contributed by atoms with Gasteiger partial charge < -0.3 is 20.5 Å². The fourth-order valence-electron chi connectivity index (χ4n) is 1.84. The topological polar surface area (TPSA) is 132 Å². The van der Waals surface area contributed by atoms with E-state index in [0.29, 0.717) is 11.0 Å². The van der Waals surface area contributed by atoms with Crippen molar-refractivity contribution in [2.45, 2.75) is 18.9 Å². The molecule has 110 valence electrons. The van der Waals surface area contributed by atoms with Crippen molar-refractivity contribution in [1.82, 2.24) is 15.3 Å². The van der Waals surface area contributed by atoms with E-state index in [9.17, 15) is 14.4 Å². The van der Waals surface area contributed by atoms with Gasteiger partial charge in [0.25, 0.3) is 5.91 Å². The molecule has 2 rings (SSSR count). The first-order valence-corrected chi connectivity index (χ1v) is 6.16. The number of imidazole rings is 1. The molecule has 0 fully saturated rings. The van der Waals surface area contributed by atoms with E-state index in [1.165, 1.54) is 12.4 Å². The Balaban J connectivity index is 2.10. The smallest absolute Gasteiger partial charge is 0.326 e. The summed E-state index contributed by atoms with van der Waals surface area (Å²) in [4.78, 5) is 40.4. The number of carboxylic acid groups (broad SMARTS) is 2. The molecule has 1 heterocycles. The molecule has 0 aliphatic rings. The standard InChI is InChI=1S/C13H13N3O5/c17-11(18)4-3-9(13(20)21)16-12(19)7-1-2-8-10(5-7)15-6-14-8/h1-2,5-6,9H,3-4H2,(H,14,15)(H,16,19)(H,17,18)(H,20,21)/t9-/m0/s1. The zero-order valence-electron chi connectivity index (χ0n) is 10.9. The quantitative estimate of drug-likeness (QED) is 0.616. The number of aliphatic carboxylic acids is 2. The van der Waals surface area contributed by atoms with Gasteiger partial charge in [0.05, 0.1) is 17.4 Å². The van der Waals surface area contributed by atoms with Gasteiger partial charge in [-0.25, -0.2) is 9.78 Å². The highest BCUT2D eigenvalue weighted by atomic mass is 16.4. The number of aromatic nitrogens is 2. The molecule has 2 aromatic rings. The Morgan fingerprint density at radius 2 is 2.05 bits per heavy atom. The van der Waals surface area contributed by atoms with Gasteiger partial charge in [0.2, 0.25) is 0 Å². The molecule has 0 radical (unpaired) electrons. The van der Waals surface area contributed by atoms with Gasteiger partial charge in [-0.2, -0.15) is 0 Å². The normalized spacial score (nSPS) is 12.0. The number of amides is 1. The van der Waals surface area contributed by atoms with Crippen molar-refractivity contribution in [1.29, 1.82) is 0 Å². The van der Waals surface area contributed by atoms with Gasteiger partial charge in [0.1, 0.15) is 6.04 Å². The average Bonchev–Trinajstić information content (AvgIpc) is 2.89. The summed E-state index contributed by atoms with van der Waals surface area (Å²) in [6.07, 6.45) is 0.971. The minimum Gasteiger partial charge on any atom is -0.481 e. The molecular formula is C13H13N3O5. The van der Waals surface area contributed by atoms with E-state index in [-0.39, 0.29) is 18.4 Å². The van der Waals surface area contributed by atoms with Gasteiger partial charge in [-0.1, -0.05) is 0 Å². The predicted octanol–water partition coefficient (Wildman–Crippen LogP) is 0.611. The number of carbonyl (C=O) groups is 3. The minimum absolute atomic E-state index is 0.178. The maximum absolute atomic E-state index is 12.0. The largest absolute Gasteiger partial charge is 0.481 e. The summed E-state index contributed by atoms with van der Waals surface area (Å²) in [6, 6.07) is 3.46. The van der Waals surface area contributed by atoms with Gasteiger partial charge in [0.15, 0.2) is 0 Å². The number of carbonyl (C=O) groups excluding carboxylic acids is 1. The summed E-state index contributed by atoms with van der Waals surface area (Å²) < 4.78 is 0. The molecule has 0 bridgehead atoms. The molecule has 1 aromatic carbocycles. The molecule has 8 heteroatoms. The maximum Gasteiger partial charge on any atom is 0.326 e. The number of rotatable bonds is 6. The van der Waals surface area contributed by atoms with Gasteiger partial charge in [-0.3, -0.25) is 9.59 Å². The van der Waals surface area contributed by atoms with E-state index in [2.05, 4.69) is 15.3 Å². The summed E-state index contributed by atoms with van der Waals surface area (Å²) in [7, 11) is 0. The molecule has 1 atom stereocenters. The number of carboxylic acids is 2. The fraction of sp³-hybridized carbons (Fsp3) is 0.231. The van der Waals surface area contributed by atoms with Crippen LogP contribution in [0.25, 0.3) is 11.0 Å². The van der Waals surface area contributed by atoms with Crippen LogP contribution in [0, 0.1) is 0 Å². The number of hydrogen-bond acceptors (Lipinski definition) is 4. The molecule has 0 saturated heterocycles. The first-order chi connectivity index (χ1) is 9.97. The minimum atomic E-state index is -1.27. The lowest BCUT2D eigenvalue weighted by atomic mass is 10.1. The van der Waals surface area contributed by atoms with Crippen LogP contribution in [-0.2, 0) is 9.59 Å². The van der Waals surface area contributed by atoms with E-state index < -0.39 is 23.9 Å². The summed E-state index contributed by atoms with van der Waals surface area (Å²) >= 11 is 0. The van der Waals surface area contributed by atoms with Crippen molar-refractivity contribution < 1.29 is 24.6 Å². The summed E-state index contributed by atoms with van der Waals surface area (Å²) in [5.74, 6) is -2.97. The van der Waals surface area contributed by atoms with Gasteiger partial charge >= 0.3 is 11.9 Å². The van der Waals surface area contributed by atoms with Crippen molar-refractivity contribution in [3.05, 3.63) is 30.1 Å². The first-order valence-electron chi connectivity index (χ1n) is 6.16. The van der Waals surface area contributed by atoms with Crippen molar-refractivity contribution in [3.8, 4) is 0 Å². The zero-order valence-corrected chi connectivity index (χ0v) is 10.9. The fourth-order valence-corrected chi connectivity index (χ4v) is 1.84. The average molecular weight is 291 g/mol. The maximum atomic E-state index is 12.0. The zero-order chi connectivity index (χ0) is 15.4. The molecule has 1 aromatic heterocycles. The molecular weight excluding hydrogens is 278 g/mol. The third-order valence-corrected chi connectivity index (χ3v) is 2.93. The van der Waals surface area contributed by atoms with Gasteiger partial charge in [-0.05, 0) is 24.6 Å². The summed E-state index contributed by atoms with van der Waals surface area (Å²) in [6.45, 7) is 0. The van der Waals surface area contributed by atoms with Crippen LogP contribution in [-0.4, -0.2) is 44.1 Å². The second-order valence-corrected chi connectivity index (χ2v) is 4.43. The van der Waals surface area contributed by atoms with Crippen molar-refractivity contribution >= 4 is 28.9 Å². The van der Waals surface area contributed by atoms with E-state index in [1.54, 1.807) is 12.1 Å². The Hall–Kier alpha value is -2.90. The molecule has 0 saturated carbocycles. The van der Waals surface area contributed by atoms with Crippen LogP contribution in [0.3, 0.4) is 0 Å². The predicted molar refractivity (Wildman–Crippen MR) is 71.9 cm³/mol.